The zero-order chi connectivity index (χ0) is 6.20. The average Bonchev–Trinajstić information content (AvgIpc) is 2.12. The molecule has 0 aromatic carbocycles. The fourth-order valence-electron chi connectivity index (χ4n) is 0.828. The maximum absolute atomic E-state index is 3.21. The van der Waals surface area contributed by atoms with E-state index in [0.29, 0.717) is 5.41 Å². The van der Waals surface area contributed by atoms with Gasteiger partial charge in [0.05, 0.1) is 0 Å². The van der Waals surface area contributed by atoms with Crippen LogP contribution in [0.1, 0.15) is 33.6 Å². The first-order chi connectivity index (χ1) is 3.58. The van der Waals surface area contributed by atoms with Crippen LogP contribution in [-0.2, 0) is 0 Å². The van der Waals surface area contributed by atoms with Gasteiger partial charge in [0.15, 0.2) is 0 Å². The van der Waals surface area contributed by atoms with Crippen LogP contribution < -0.4 is 18.9 Å². The third-order valence-electron chi connectivity index (χ3n) is 1.17. The Morgan fingerprint density at radius 1 is 1.44 bits per heavy atom. The van der Waals surface area contributed by atoms with E-state index in [2.05, 4.69) is 26.8 Å². The number of rotatable bonds is 1. The average molecular weight is 116 g/mol. The predicted octanol–water partition coefficient (Wildman–Crippen LogP) is -0.440. The van der Waals surface area contributed by atoms with E-state index in [0.717, 1.165) is 6.42 Å². The Morgan fingerprint density at radius 3 is 2.00 bits per heavy atom. The van der Waals surface area contributed by atoms with Crippen LogP contribution >= 0.6 is 0 Å². The van der Waals surface area contributed by atoms with Crippen LogP contribution in [0.3, 0.4) is 0 Å². The summed E-state index contributed by atoms with van der Waals surface area (Å²) >= 11 is 0. The molecule has 0 N–H and O–H groups in total. The summed E-state index contributed by atoms with van der Waals surface area (Å²) in [5, 5.41) is 0. The van der Waals surface area contributed by atoms with Crippen LogP contribution in [0, 0.1) is 11.5 Å². The zero-order valence-corrected chi connectivity index (χ0v) is 6.91. The van der Waals surface area contributed by atoms with Crippen molar-refractivity contribution in [1.82, 2.24) is 0 Å². The SMILES string of the molecule is CC(C)(C)CC1=[C-]C1.[Li+]. The molecule has 0 radical (unpaired) electrons. The Hall–Kier alpha value is 0.337. The van der Waals surface area contributed by atoms with Gasteiger partial charge >= 0.3 is 18.9 Å². The predicted molar refractivity (Wildman–Crippen MR) is 35.4 cm³/mol. The summed E-state index contributed by atoms with van der Waals surface area (Å²) in [6, 6.07) is 0. The molecule has 0 aromatic rings. The number of hydrogen-bond donors (Lipinski definition) is 0. The summed E-state index contributed by atoms with van der Waals surface area (Å²) in [5.41, 5.74) is 2.01. The van der Waals surface area contributed by atoms with Crippen molar-refractivity contribution in [2.75, 3.05) is 0 Å². The van der Waals surface area contributed by atoms with Gasteiger partial charge in [-0.15, -0.1) is 0 Å². The Bertz CT molecular complexity index is 117. The summed E-state index contributed by atoms with van der Waals surface area (Å²) in [6.07, 6.45) is 5.61. The second kappa shape index (κ2) is 2.95. The van der Waals surface area contributed by atoms with Crippen molar-refractivity contribution >= 4 is 0 Å². The molecular formula is C8H13Li. The van der Waals surface area contributed by atoms with Crippen molar-refractivity contribution in [1.29, 1.82) is 0 Å². The fourth-order valence-corrected chi connectivity index (χ4v) is 0.828. The van der Waals surface area contributed by atoms with E-state index in [1.165, 1.54) is 12.0 Å². The fraction of sp³-hybridized carbons (Fsp3) is 0.750. The van der Waals surface area contributed by atoms with Gasteiger partial charge in [0.25, 0.3) is 0 Å². The van der Waals surface area contributed by atoms with E-state index >= 15 is 0 Å². The minimum atomic E-state index is 0. The molecule has 0 atom stereocenters. The molecule has 0 amide bonds. The quantitative estimate of drug-likeness (QED) is 0.322. The van der Waals surface area contributed by atoms with Crippen molar-refractivity contribution in [2.45, 2.75) is 33.6 Å². The molecule has 0 spiro atoms. The van der Waals surface area contributed by atoms with Gasteiger partial charge < -0.3 is 6.08 Å². The topological polar surface area (TPSA) is 0 Å². The van der Waals surface area contributed by atoms with Crippen molar-refractivity contribution < 1.29 is 18.9 Å². The third kappa shape index (κ3) is 4.82. The van der Waals surface area contributed by atoms with Gasteiger partial charge in [-0.3, -0.25) is 5.57 Å². The molecular weight excluding hydrogens is 103 g/mol. The number of hydrogen-bond acceptors (Lipinski definition) is 0. The molecule has 0 fully saturated rings. The summed E-state index contributed by atoms with van der Waals surface area (Å²) in [7, 11) is 0. The molecule has 0 aliphatic heterocycles. The first kappa shape index (κ1) is 9.34. The Kier molecular flexibility index (Phi) is 3.06. The van der Waals surface area contributed by atoms with Crippen molar-refractivity contribution in [3.8, 4) is 0 Å². The zero-order valence-electron chi connectivity index (χ0n) is 6.91. The summed E-state index contributed by atoms with van der Waals surface area (Å²) < 4.78 is 0. The van der Waals surface area contributed by atoms with E-state index in [4.69, 9.17) is 0 Å². The van der Waals surface area contributed by atoms with Crippen LogP contribution in [0.4, 0.5) is 0 Å². The van der Waals surface area contributed by atoms with Gasteiger partial charge in [-0.25, -0.2) is 0 Å². The van der Waals surface area contributed by atoms with E-state index < -0.39 is 0 Å². The Balaban J connectivity index is 0.000000640. The van der Waals surface area contributed by atoms with Gasteiger partial charge in [-0.1, -0.05) is 27.2 Å². The molecule has 0 heterocycles. The third-order valence-corrected chi connectivity index (χ3v) is 1.17. The van der Waals surface area contributed by atoms with Crippen molar-refractivity contribution in [3.63, 3.8) is 0 Å². The molecule has 1 aliphatic carbocycles. The van der Waals surface area contributed by atoms with Crippen LogP contribution in [0.15, 0.2) is 5.57 Å². The summed E-state index contributed by atoms with van der Waals surface area (Å²) in [5.74, 6) is 0. The van der Waals surface area contributed by atoms with Crippen LogP contribution in [0.5, 0.6) is 0 Å². The molecule has 0 nitrogen and oxygen atoms in total. The molecule has 46 valence electrons. The van der Waals surface area contributed by atoms with Crippen LogP contribution in [0.2, 0.25) is 0 Å². The standard InChI is InChI=1S/C8H13.Li/c1-8(2,3)6-7-4-5-7;/h4,6H2,1-3H3;/q-1;+1. The molecule has 0 aromatic heterocycles. The molecule has 1 heteroatoms. The van der Waals surface area contributed by atoms with Gasteiger partial charge in [0, 0.05) is 0 Å². The van der Waals surface area contributed by atoms with Crippen LogP contribution in [0.25, 0.3) is 0 Å². The van der Waals surface area contributed by atoms with Crippen molar-refractivity contribution in [3.05, 3.63) is 11.6 Å². The monoisotopic (exact) mass is 116 g/mol. The van der Waals surface area contributed by atoms with Gasteiger partial charge in [-0.2, -0.15) is 6.42 Å². The maximum atomic E-state index is 3.21. The first-order valence-electron chi connectivity index (χ1n) is 3.16. The minimum absolute atomic E-state index is 0. The molecule has 0 saturated carbocycles. The van der Waals surface area contributed by atoms with Crippen molar-refractivity contribution in [2.24, 2.45) is 5.41 Å². The van der Waals surface area contributed by atoms with E-state index in [1.54, 1.807) is 0 Å². The van der Waals surface area contributed by atoms with Gasteiger partial charge in [-0.05, 0) is 5.41 Å². The van der Waals surface area contributed by atoms with Gasteiger partial charge in [0.1, 0.15) is 0 Å². The Labute approximate surface area is 69.9 Å². The van der Waals surface area contributed by atoms with Gasteiger partial charge in [0.2, 0.25) is 0 Å². The van der Waals surface area contributed by atoms with E-state index in [1.807, 2.05) is 0 Å². The second-order valence-corrected chi connectivity index (χ2v) is 3.69. The number of allylic oxidation sites excluding steroid dienone is 2. The molecule has 0 unspecified atom stereocenters. The minimum Gasteiger partial charge on any atom is -0.498 e. The molecule has 1 rings (SSSR count). The maximum Gasteiger partial charge on any atom is 1.00 e. The van der Waals surface area contributed by atoms with E-state index in [9.17, 15) is 0 Å². The summed E-state index contributed by atoms with van der Waals surface area (Å²) in [6.45, 7) is 6.79. The van der Waals surface area contributed by atoms with Crippen LogP contribution in [-0.4, -0.2) is 0 Å². The molecule has 0 bridgehead atoms. The molecule has 1 aliphatic rings. The normalized spacial score (nSPS) is 16.1. The largest absolute Gasteiger partial charge is 1.00 e. The Morgan fingerprint density at radius 2 is 1.89 bits per heavy atom. The molecule has 9 heavy (non-hydrogen) atoms. The summed E-state index contributed by atoms with van der Waals surface area (Å²) in [4.78, 5) is 0. The van der Waals surface area contributed by atoms with E-state index in [-0.39, 0.29) is 18.9 Å². The smallest absolute Gasteiger partial charge is 0.498 e. The first-order valence-corrected chi connectivity index (χ1v) is 3.16. The molecule has 0 saturated heterocycles. The second-order valence-electron chi connectivity index (χ2n) is 3.69.